The molecule has 0 radical (unpaired) electrons. The van der Waals surface area contributed by atoms with E-state index in [-0.39, 0.29) is 5.91 Å². The van der Waals surface area contributed by atoms with Gasteiger partial charge in [0, 0.05) is 24.0 Å². The van der Waals surface area contributed by atoms with Gasteiger partial charge in [-0.2, -0.15) is 0 Å². The van der Waals surface area contributed by atoms with Gasteiger partial charge in [-0.15, -0.1) is 10.2 Å². The van der Waals surface area contributed by atoms with E-state index in [2.05, 4.69) is 20.1 Å². The standard InChI is InChI=1S/C20H18Cl2N4O2/c21-13-5-8-18(16(22)11-13)28-17-4-2-1-3-15(17)20(27)23-10-9-19-25-24-12-26(19)14-6-7-14/h1-5,8,11-12,14H,6-7,9-10H2,(H,23,27). The highest BCUT2D eigenvalue weighted by atomic mass is 35.5. The van der Waals surface area contributed by atoms with E-state index >= 15 is 0 Å². The summed E-state index contributed by atoms with van der Waals surface area (Å²) >= 11 is 12.1. The highest BCUT2D eigenvalue weighted by molar-refractivity contribution is 6.35. The number of carbonyl (C=O) groups excluding carboxylic acids is 1. The third-order valence-corrected chi connectivity index (χ3v) is 5.00. The number of benzene rings is 2. The van der Waals surface area contributed by atoms with E-state index < -0.39 is 0 Å². The molecule has 0 unspecified atom stereocenters. The van der Waals surface area contributed by atoms with Crippen LogP contribution < -0.4 is 10.1 Å². The van der Waals surface area contributed by atoms with E-state index in [1.807, 2.05) is 0 Å². The van der Waals surface area contributed by atoms with Crippen molar-refractivity contribution >= 4 is 29.1 Å². The van der Waals surface area contributed by atoms with Crippen LogP contribution in [0.25, 0.3) is 0 Å². The van der Waals surface area contributed by atoms with Crippen molar-refractivity contribution in [3.63, 3.8) is 0 Å². The number of para-hydroxylation sites is 1. The highest BCUT2D eigenvalue weighted by Gasteiger charge is 2.25. The Labute approximate surface area is 172 Å². The van der Waals surface area contributed by atoms with Gasteiger partial charge in [0.25, 0.3) is 5.91 Å². The van der Waals surface area contributed by atoms with Crippen LogP contribution in [0.4, 0.5) is 0 Å². The zero-order valence-electron chi connectivity index (χ0n) is 14.9. The summed E-state index contributed by atoms with van der Waals surface area (Å²) in [6, 6.07) is 12.5. The fraction of sp³-hybridized carbons (Fsp3) is 0.250. The first-order valence-corrected chi connectivity index (χ1v) is 9.76. The summed E-state index contributed by atoms with van der Waals surface area (Å²) in [4.78, 5) is 12.7. The fourth-order valence-corrected chi connectivity index (χ4v) is 3.35. The quantitative estimate of drug-likeness (QED) is 0.606. The molecule has 0 aliphatic heterocycles. The Balaban J connectivity index is 1.42. The SMILES string of the molecule is O=C(NCCc1nncn1C1CC1)c1ccccc1Oc1ccc(Cl)cc1Cl. The van der Waals surface area contributed by atoms with Gasteiger partial charge in [-0.25, -0.2) is 0 Å². The number of hydrogen-bond acceptors (Lipinski definition) is 4. The number of ether oxygens (including phenoxy) is 1. The monoisotopic (exact) mass is 416 g/mol. The largest absolute Gasteiger partial charge is 0.455 e. The van der Waals surface area contributed by atoms with Gasteiger partial charge in [0.1, 0.15) is 23.7 Å². The zero-order valence-corrected chi connectivity index (χ0v) is 16.5. The maximum absolute atomic E-state index is 12.7. The predicted molar refractivity (Wildman–Crippen MR) is 107 cm³/mol. The molecule has 8 heteroatoms. The molecule has 0 atom stereocenters. The number of nitrogens with zero attached hydrogens (tertiary/aromatic N) is 3. The van der Waals surface area contributed by atoms with Crippen molar-refractivity contribution in [3.8, 4) is 11.5 Å². The number of rotatable bonds is 7. The molecule has 3 aromatic rings. The van der Waals surface area contributed by atoms with Gasteiger partial charge in [0.15, 0.2) is 0 Å². The maximum Gasteiger partial charge on any atom is 0.255 e. The van der Waals surface area contributed by atoms with Crippen LogP contribution in [-0.2, 0) is 6.42 Å². The molecular weight excluding hydrogens is 399 g/mol. The molecule has 1 fully saturated rings. The second-order valence-electron chi connectivity index (χ2n) is 6.56. The topological polar surface area (TPSA) is 69.0 Å². The lowest BCUT2D eigenvalue weighted by Crippen LogP contribution is -2.26. The Morgan fingerprint density at radius 2 is 2.00 bits per heavy atom. The smallest absolute Gasteiger partial charge is 0.255 e. The van der Waals surface area contributed by atoms with Crippen molar-refractivity contribution in [1.82, 2.24) is 20.1 Å². The van der Waals surface area contributed by atoms with Crippen LogP contribution in [0.3, 0.4) is 0 Å². The molecule has 0 bridgehead atoms. The Kier molecular flexibility index (Phi) is 5.50. The molecule has 144 valence electrons. The number of halogens is 2. The summed E-state index contributed by atoms with van der Waals surface area (Å²) in [7, 11) is 0. The summed E-state index contributed by atoms with van der Waals surface area (Å²) in [6.07, 6.45) is 4.70. The average Bonchev–Trinajstić information content (AvgIpc) is 3.43. The van der Waals surface area contributed by atoms with E-state index in [1.54, 1.807) is 48.8 Å². The van der Waals surface area contributed by atoms with E-state index in [1.165, 1.54) is 0 Å². The normalized spacial score (nSPS) is 13.4. The number of hydrogen-bond donors (Lipinski definition) is 1. The van der Waals surface area contributed by atoms with E-state index in [0.29, 0.717) is 46.1 Å². The van der Waals surface area contributed by atoms with Gasteiger partial charge >= 0.3 is 0 Å². The molecular formula is C20H18Cl2N4O2. The van der Waals surface area contributed by atoms with E-state index in [0.717, 1.165) is 18.7 Å². The Morgan fingerprint density at radius 3 is 2.79 bits per heavy atom. The number of carbonyl (C=O) groups is 1. The minimum atomic E-state index is -0.224. The summed E-state index contributed by atoms with van der Waals surface area (Å²) in [5.41, 5.74) is 0.428. The second kappa shape index (κ2) is 8.20. The van der Waals surface area contributed by atoms with Crippen molar-refractivity contribution in [1.29, 1.82) is 0 Å². The van der Waals surface area contributed by atoms with Gasteiger partial charge in [0.2, 0.25) is 0 Å². The summed E-state index contributed by atoms with van der Waals surface area (Å²) < 4.78 is 7.94. The molecule has 1 saturated carbocycles. The Hall–Kier alpha value is -2.57. The Bertz CT molecular complexity index is 1000. The Morgan fingerprint density at radius 1 is 1.18 bits per heavy atom. The first kappa shape index (κ1) is 18.8. The minimum Gasteiger partial charge on any atom is -0.455 e. The van der Waals surface area contributed by atoms with Gasteiger partial charge in [-0.1, -0.05) is 35.3 Å². The molecule has 1 N–H and O–H groups in total. The van der Waals surface area contributed by atoms with Crippen LogP contribution in [0.2, 0.25) is 10.0 Å². The second-order valence-corrected chi connectivity index (χ2v) is 7.41. The predicted octanol–water partition coefficient (Wildman–Crippen LogP) is 4.68. The third kappa shape index (κ3) is 4.29. The maximum atomic E-state index is 12.7. The molecule has 1 aliphatic carbocycles. The molecule has 2 aromatic carbocycles. The van der Waals surface area contributed by atoms with Gasteiger partial charge in [-0.05, 0) is 43.2 Å². The number of amides is 1. The molecule has 1 amide bonds. The van der Waals surface area contributed by atoms with Crippen LogP contribution in [0, 0.1) is 0 Å². The molecule has 6 nitrogen and oxygen atoms in total. The molecule has 1 heterocycles. The van der Waals surface area contributed by atoms with Crippen LogP contribution in [0.5, 0.6) is 11.5 Å². The molecule has 0 saturated heterocycles. The van der Waals surface area contributed by atoms with Gasteiger partial charge in [0.05, 0.1) is 10.6 Å². The first-order valence-electron chi connectivity index (χ1n) is 9.00. The average molecular weight is 417 g/mol. The van der Waals surface area contributed by atoms with Crippen molar-refractivity contribution < 1.29 is 9.53 Å². The number of aromatic nitrogens is 3. The van der Waals surface area contributed by atoms with E-state index in [4.69, 9.17) is 27.9 Å². The van der Waals surface area contributed by atoms with Crippen molar-refractivity contribution in [2.24, 2.45) is 0 Å². The van der Waals surface area contributed by atoms with Gasteiger partial charge in [-0.3, -0.25) is 4.79 Å². The van der Waals surface area contributed by atoms with Crippen molar-refractivity contribution in [2.75, 3.05) is 6.54 Å². The third-order valence-electron chi connectivity index (χ3n) is 4.47. The molecule has 28 heavy (non-hydrogen) atoms. The molecule has 0 spiro atoms. The molecule has 1 aromatic heterocycles. The molecule has 4 rings (SSSR count). The lowest BCUT2D eigenvalue weighted by atomic mass is 10.2. The van der Waals surface area contributed by atoms with E-state index in [9.17, 15) is 4.79 Å². The zero-order chi connectivity index (χ0) is 19.5. The lowest BCUT2D eigenvalue weighted by molar-refractivity contribution is 0.0951. The molecule has 1 aliphatic rings. The van der Waals surface area contributed by atoms with Crippen LogP contribution in [0.1, 0.15) is 35.1 Å². The highest BCUT2D eigenvalue weighted by Crippen LogP contribution is 2.35. The van der Waals surface area contributed by atoms with Crippen LogP contribution in [0.15, 0.2) is 48.8 Å². The van der Waals surface area contributed by atoms with Crippen LogP contribution in [-0.4, -0.2) is 27.2 Å². The number of nitrogens with one attached hydrogen (secondary N) is 1. The minimum absolute atomic E-state index is 0.224. The van der Waals surface area contributed by atoms with Crippen molar-refractivity contribution in [3.05, 3.63) is 70.2 Å². The van der Waals surface area contributed by atoms with Gasteiger partial charge < -0.3 is 14.6 Å². The van der Waals surface area contributed by atoms with Crippen LogP contribution >= 0.6 is 23.2 Å². The lowest BCUT2D eigenvalue weighted by Gasteiger charge is -2.12. The summed E-state index contributed by atoms with van der Waals surface area (Å²) in [6.45, 7) is 0.459. The summed E-state index contributed by atoms with van der Waals surface area (Å²) in [5.74, 6) is 1.52. The summed E-state index contributed by atoms with van der Waals surface area (Å²) in [5, 5.41) is 11.9. The van der Waals surface area contributed by atoms with Crippen molar-refractivity contribution in [2.45, 2.75) is 25.3 Å². The first-order chi connectivity index (χ1) is 13.6. The fourth-order valence-electron chi connectivity index (χ4n) is 2.91.